The second kappa shape index (κ2) is 6.92. The van der Waals surface area contributed by atoms with Gasteiger partial charge in [0.05, 0.1) is 17.4 Å². The van der Waals surface area contributed by atoms with E-state index in [1.165, 1.54) is 0 Å². The molecule has 1 aliphatic rings. The Kier molecular flexibility index (Phi) is 4.46. The number of piperidine rings is 1. The molecule has 7 nitrogen and oxygen atoms in total. The van der Waals surface area contributed by atoms with Crippen LogP contribution in [0.5, 0.6) is 0 Å². The Morgan fingerprint density at radius 3 is 3.04 bits per heavy atom. The summed E-state index contributed by atoms with van der Waals surface area (Å²) < 4.78 is 4.00. The van der Waals surface area contributed by atoms with Crippen LogP contribution in [-0.4, -0.2) is 31.1 Å². The minimum Gasteiger partial charge on any atom is -0.346 e. The van der Waals surface area contributed by atoms with E-state index in [0.29, 0.717) is 13.0 Å². The van der Waals surface area contributed by atoms with Gasteiger partial charge in [0.15, 0.2) is 0 Å². The summed E-state index contributed by atoms with van der Waals surface area (Å²) in [5, 5.41) is 11.2. The summed E-state index contributed by atoms with van der Waals surface area (Å²) in [4.78, 5) is 16.6. The minimum absolute atomic E-state index is 0.0850. The first-order valence-electron chi connectivity index (χ1n) is 9.10. The molecule has 136 valence electrons. The number of fused-ring (bicyclic) bond motifs is 1. The van der Waals surface area contributed by atoms with Crippen molar-refractivity contribution in [2.75, 3.05) is 0 Å². The molecule has 2 N–H and O–H groups in total. The molecule has 1 amide bonds. The predicted octanol–water partition coefficient (Wildman–Crippen LogP) is 2.22. The van der Waals surface area contributed by atoms with E-state index < -0.39 is 0 Å². The lowest BCUT2D eigenvalue weighted by Gasteiger charge is -2.33. The average Bonchev–Trinajstić information content (AvgIpc) is 3.27. The van der Waals surface area contributed by atoms with Crippen LogP contribution in [0, 0.1) is 0 Å². The summed E-state index contributed by atoms with van der Waals surface area (Å²) in [7, 11) is 0. The Hall–Kier alpha value is -2.67. The molecule has 0 saturated carbocycles. The lowest BCUT2D eigenvalue weighted by Crippen LogP contribution is -2.49. The maximum atomic E-state index is 12.0. The number of hydrogen-bond acceptors (Lipinski definition) is 4. The van der Waals surface area contributed by atoms with E-state index in [2.05, 4.69) is 34.6 Å². The molecule has 3 aromatic rings. The number of rotatable bonds is 5. The van der Waals surface area contributed by atoms with Gasteiger partial charge in [-0.1, -0.05) is 6.07 Å². The van der Waals surface area contributed by atoms with E-state index in [-0.39, 0.29) is 24.0 Å². The summed E-state index contributed by atoms with van der Waals surface area (Å²) in [6.45, 7) is 4.86. The van der Waals surface area contributed by atoms with Gasteiger partial charge < -0.3 is 15.0 Å². The smallest absolute Gasteiger partial charge is 0.220 e. The quantitative estimate of drug-likeness (QED) is 0.738. The zero-order chi connectivity index (χ0) is 18.1. The Bertz CT molecular complexity index is 879. The molecule has 0 bridgehead atoms. The van der Waals surface area contributed by atoms with Crippen molar-refractivity contribution in [3.8, 4) is 0 Å². The van der Waals surface area contributed by atoms with Gasteiger partial charge in [-0.25, -0.2) is 4.98 Å². The number of carbonyl (C=O) groups excluding carboxylic acids is 1. The molecule has 1 aliphatic heterocycles. The Balaban J connectivity index is 1.53. The third-order valence-corrected chi connectivity index (χ3v) is 4.87. The minimum atomic E-state index is -0.0850. The fourth-order valence-electron chi connectivity index (χ4n) is 3.61. The molecule has 26 heavy (non-hydrogen) atoms. The second-order valence-corrected chi connectivity index (χ2v) is 7.06. The van der Waals surface area contributed by atoms with E-state index >= 15 is 0 Å². The zero-order valence-corrected chi connectivity index (χ0v) is 15.1. The van der Waals surface area contributed by atoms with Gasteiger partial charge in [0.2, 0.25) is 5.91 Å². The number of carbonyl (C=O) groups is 1. The topological polar surface area (TPSA) is 76.2 Å². The van der Waals surface area contributed by atoms with Crippen LogP contribution in [-0.2, 0) is 11.3 Å². The largest absolute Gasteiger partial charge is 0.346 e. The van der Waals surface area contributed by atoms with Crippen LogP contribution in [0.1, 0.15) is 50.2 Å². The normalized spacial score (nSPS) is 20.7. The molecule has 0 aromatic carbocycles. The van der Waals surface area contributed by atoms with Crippen molar-refractivity contribution in [3.63, 3.8) is 0 Å². The predicted molar refractivity (Wildman–Crippen MR) is 98.5 cm³/mol. The third kappa shape index (κ3) is 3.22. The van der Waals surface area contributed by atoms with Gasteiger partial charge in [0, 0.05) is 43.6 Å². The first-order chi connectivity index (χ1) is 12.6. The van der Waals surface area contributed by atoms with E-state index in [1.807, 2.05) is 45.7 Å². The average molecular weight is 352 g/mol. The highest BCUT2D eigenvalue weighted by molar-refractivity contribution is 5.77. The van der Waals surface area contributed by atoms with Gasteiger partial charge in [-0.3, -0.25) is 9.48 Å². The summed E-state index contributed by atoms with van der Waals surface area (Å²) in [5.74, 6) is 0.0947. The Morgan fingerprint density at radius 2 is 2.23 bits per heavy atom. The molecular weight excluding hydrogens is 328 g/mol. The fraction of sp³-hybridized carbons (Fsp3) is 0.421. The summed E-state index contributed by atoms with van der Waals surface area (Å²) in [5.41, 5.74) is 2.97. The highest BCUT2D eigenvalue weighted by atomic mass is 16.1. The number of pyridine rings is 1. The SMILES string of the molecule is CC(C)n1nccc1[C@@H]1NC(=O)CC[C@H]1NCc1cn2ccccc2n1. The van der Waals surface area contributed by atoms with Crippen LogP contribution < -0.4 is 10.6 Å². The molecule has 2 atom stereocenters. The van der Waals surface area contributed by atoms with Gasteiger partial charge >= 0.3 is 0 Å². The van der Waals surface area contributed by atoms with E-state index in [0.717, 1.165) is 23.5 Å². The number of nitrogens with zero attached hydrogens (tertiary/aromatic N) is 4. The van der Waals surface area contributed by atoms with Crippen LogP contribution in [0.3, 0.4) is 0 Å². The number of hydrogen-bond donors (Lipinski definition) is 2. The van der Waals surface area contributed by atoms with E-state index in [1.54, 1.807) is 6.20 Å². The molecule has 0 aliphatic carbocycles. The fourth-order valence-corrected chi connectivity index (χ4v) is 3.61. The lowest BCUT2D eigenvalue weighted by molar-refractivity contribution is -0.124. The maximum absolute atomic E-state index is 12.0. The number of amides is 1. The molecule has 3 aromatic heterocycles. The summed E-state index contributed by atoms with van der Waals surface area (Å²) in [6.07, 6.45) is 7.17. The van der Waals surface area contributed by atoms with Crippen LogP contribution in [0.25, 0.3) is 5.65 Å². The number of nitrogens with one attached hydrogen (secondary N) is 2. The van der Waals surface area contributed by atoms with Crippen molar-refractivity contribution in [1.82, 2.24) is 29.8 Å². The molecule has 4 heterocycles. The van der Waals surface area contributed by atoms with E-state index in [4.69, 9.17) is 0 Å². The van der Waals surface area contributed by atoms with Crippen molar-refractivity contribution in [3.05, 3.63) is 54.2 Å². The van der Waals surface area contributed by atoms with Crippen LogP contribution in [0.15, 0.2) is 42.9 Å². The molecule has 1 fully saturated rings. The van der Waals surface area contributed by atoms with Crippen LogP contribution in [0.2, 0.25) is 0 Å². The summed E-state index contributed by atoms with van der Waals surface area (Å²) >= 11 is 0. The van der Waals surface area contributed by atoms with Gasteiger partial charge in [-0.05, 0) is 38.5 Å². The third-order valence-electron chi connectivity index (χ3n) is 4.87. The van der Waals surface area contributed by atoms with Crippen molar-refractivity contribution in [2.45, 2.75) is 51.4 Å². The van der Waals surface area contributed by atoms with Crippen LogP contribution in [0.4, 0.5) is 0 Å². The Labute approximate surface area is 152 Å². The first kappa shape index (κ1) is 16.8. The summed E-state index contributed by atoms with van der Waals surface area (Å²) in [6, 6.07) is 8.28. The molecular formula is C19H24N6O. The zero-order valence-electron chi connectivity index (χ0n) is 15.1. The van der Waals surface area contributed by atoms with E-state index in [9.17, 15) is 4.79 Å². The maximum Gasteiger partial charge on any atom is 0.220 e. The highest BCUT2D eigenvalue weighted by Gasteiger charge is 2.32. The van der Waals surface area contributed by atoms with Gasteiger partial charge in [-0.2, -0.15) is 5.10 Å². The highest BCUT2D eigenvalue weighted by Crippen LogP contribution is 2.26. The standard InChI is InChI=1S/C19H24N6O/c1-13(2)25-16(8-9-21-25)19-15(6-7-18(26)23-19)20-11-14-12-24-10-4-3-5-17(24)22-14/h3-5,8-10,12-13,15,19-20H,6-7,11H2,1-2H3,(H,23,26)/t15-,19-/m1/s1. The first-order valence-corrected chi connectivity index (χ1v) is 9.10. The molecule has 0 unspecified atom stereocenters. The molecule has 7 heteroatoms. The van der Waals surface area contributed by atoms with Gasteiger partial charge in [0.25, 0.3) is 0 Å². The molecule has 0 spiro atoms. The van der Waals surface area contributed by atoms with Crippen molar-refractivity contribution in [1.29, 1.82) is 0 Å². The van der Waals surface area contributed by atoms with Gasteiger partial charge in [0.1, 0.15) is 5.65 Å². The number of aromatic nitrogens is 4. The second-order valence-electron chi connectivity index (χ2n) is 7.06. The van der Waals surface area contributed by atoms with Gasteiger partial charge in [-0.15, -0.1) is 0 Å². The van der Waals surface area contributed by atoms with Crippen molar-refractivity contribution < 1.29 is 4.79 Å². The molecule has 0 radical (unpaired) electrons. The van der Waals surface area contributed by atoms with Crippen molar-refractivity contribution in [2.24, 2.45) is 0 Å². The Morgan fingerprint density at radius 1 is 1.35 bits per heavy atom. The van der Waals surface area contributed by atoms with Crippen molar-refractivity contribution >= 4 is 11.6 Å². The lowest BCUT2D eigenvalue weighted by atomic mass is 9.95. The number of imidazole rings is 1. The molecule has 4 rings (SSSR count). The van der Waals surface area contributed by atoms with Crippen LogP contribution >= 0.6 is 0 Å². The monoisotopic (exact) mass is 352 g/mol. The molecule has 1 saturated heterocycles.